The molecule has 1 fully saturated rings. The Bertz CT molecular complexity index is 453. The van der Waals surface area contributed by atoms with Crippen molar-refractivity contribution in [1.29, 1.82) is 0 Å². The summed E-state index contributed by atoms with van der Waals surface area (Å²) in [4.78, 5) is 0. The van der Waals surface area contributed by atoms with Crippen molar-refractivity contribution in [3.63, 3.8) is 0 Å². The molecule has 2 atom stereocenters. The Morgan fingerprint density at radius 2 is 2.17 bits per heavy atom. The van der Waals surface area contributed by atoms with Crippen molar-refractivity contribution >= 4 is 16.4 Å². The molecule has 1 aromatic rings. The molecule has 1 heterocycles. The molecule has 0 bridgehead atoms. The molecule has 3 heteroatoms. The van der Waals surface area contributed by atoms with E-state index in [9.17, 15) is 4.21 Å². The highest BCUT2D eigenvalue weighted by Crippen LogP contribution is 2.30. The number of ether oxygens (including phenoxy) is 1. The lowest BCUT2D eigenvalue weighted by atomic mass is 9.92. The second kappa shape index (κ2) is 5.70. The lowest BCUT2D eigenvalue weighted by Gasteiger charge is -2.21. The Morgan fingerprint density at radius 3 is 2.78 bits per heavy atom. The standard InChI is InChI=1S/C15H20O2S/c1-13(14-6-4-3-5-7-14)10-17-11-15(2)8-9-18(16)12-15/h3-7,10H,8-9,11-12H2,1-2H3/b13-10-. The molecule has 0 aromatic heterocycles. The van der Waals surface area contributed by atoms with E-state index in [0.29, 0.717) is 6.61 Å². The summed E-state index contributed by atoms with van der Waals surface area (Å²) < 4.78 is 17.1. The lowest BCUT2D eigenvalue weighted by molar-refractivity contribution is 0.143. The topological polar surface area (TPSA) is 26.3 Å². The van der Waals surface area contributed by atoms with Crippen LogP contribution in [0.25, 0.3) is 5.57 Å². The number of allylic oxidation sites excluding steroid dienone is 1. The van der Waals surface area contributed by atoms with Gasteiger partial charge in [-0.1, -0.05) is 37.3 Å². The van der Waals surface area contributed by atoms with E-state index in [4.69, 9.17) is 4.74 Å². The van der Waals surface area contributed by atoms with Gasteiger partial charge in [0.2, 0.25) is 0 Å². The van der Waals surface area contributed by atoms with Gasteiger partial charge in [0, 0.05) is 27.7 Å². The van der Waals surface area contributed by atoms with Crippen molar-refractivity contribution in [3.05, 3.63) is 42.2 Å². The van der Waals surface area contributed by atoms with Gasteiger partial charge >= 0.3 is 0 Å². The van der Waals surface area contributed by atoms with Gasteiger partial charge in [-0.2, -0.15) is 0 Å². The third-order valence-corrected chi connectivity index (χ3v) is 5.04. The summed E-state index contributed by atoms with van der Waals surface area (Å²) in [5.74, 6) is 1.59. The minimum atomic E-state index is -0.643. The van der Waals surface area contributed by atoms with Crippen LogP contribution in [0, 0.1) is 5.41 Å². The molecule has 0 saturated carbocycles. The third kappa shape index (κ3) is 3.45. The normalized spacial score (nSPS) is 28.3. The minimum absolute atomic E-state index is 0.0817. The van der Waals surface area contributed by atoms with Crippen LogP contribution in [0.4, 0.5) is 0 Å². The molecule has 0 radical (unpaired) electrons. The zero-order valence-corrected chi connectivity index (χ0v) is 11.8. The van der Waals surface area contributed by atoms with E-state index in [0.717, 1.165) is 23.5 Å². The molecule has 1 saturated heterocycles. The zero-order chi connectivity index (χ0) is 13.0. The molecule has 2 unspecified atom stereocenters. The fourth-order valence-electron chi connectivity index (χ4n) is 2.14. The Morgan fingerprint density at radius 1 is 1.44 bits per heavy atom. The first-order valence-corrected chi connectivity index (χ1v) is 7.77. The molecule has 0 spiro atoms. The molecular weight excluding hydrogens is 244 g/mol. The first-order chi connectivity index (χ1) is 8.59. The van der Waals surface area contributed by atoms with Gasteiger partial charge < -0.3 is 4.74 Å². The summed E-state index contributed by atoms with van der Waals surface area (Å²) >= 11 is 0. The van der Waals surface area contributed by atoms with Crippen LogP contribution in [0.2, 0.25) is 0 Å². The maximum Gasteiger partial charge on any atom is 0.0936 e. The van der Waals surface area contributed by atoms with E-state index in [1.54, 1.807) is 0 Å². The van der Waals surface area contributed by atoms with Gasteiger partial charge in [-0.3, -0.25) is 4.21 Å². The predicted octanol–water partition coefficient (Wildman–Crippen LogP) is 3.22. The molecule has 2 nitrogen and oxygen atoms in total. The number of hydrogen-bond acceptors (Lipinski definition) is 2. The maximum absolute atomic E-state index is 11.4. The molecule has 98 valence electrons. The summed E-state index contributed by atoms with van der Waals surface area (Å²) in [7, 11) is -0.643. The first kappa shape index (κ1) is 13.3. The zero-order valence-electron chi connectivity index (χ0n) is 11.0. The molecule has 0 aliphatic carbocycles. The highest BCUT2D eigenvalue weighted by molar-refractivity contribution is 7.85. The van der Waals surface area contributed by atoms with Gasteiger partial charge in [0.05, 0.1) is 12.9 Å². The fourth-order valence-corrected chi connectivity index (χ4v) is 4.01. The monoisotopic (exact) mass is 264 g/mol. The second-order valence-corrected chi connectivity index (χ2v) is 6.90. The summed E-state index contributed by atoms with van der Waals surface area (Å²) in [5.41, 5.74) is 2.38. The SMILES string of the molecule is C/C(=C/OCC1(C)CCS(=O)C1)c1ccccc1. The predicted molar refractivity (Wildman–Crippen MR) is 76.6 cm³/mol. The smallest absolute Gasteiger partial charge is 0.0936 e. The molecule has 0 N–H and O–H groups in total. The number of hydrogen-bond donors (Lipinski definition) is 0. The third-order valence-electron chi connectivity index (χ3n) is 3.36. The summed E-state index contributed by atoms with van der Waals surface area (Å²) in [6.45, 7) is 4.86. The molecule has 1 aliphatic rings. The van der Waals surface area contributed by atoms with Crippen molar-refractivity contribution < 1.29 is 8.95 Å². The lowest BCUT2D eigenvalue weighted by Crippen LogP contribution is -2.22. The Labute approximate surface area is 112 Å². The van der Waals surface area contributed by atoms with E-state index in [1.165, 1.54) is 5.56 Å². The fraction of sp³-hybridized carbons (Fsp3) is 0.467. The summed E-state index contributed by atoms with van der Waals surface area (Å²) in [5, 5.41) is 0. The quantitative estimate of drug-likeness (QED) is 0.781. The van der Waals surface area contributed by atoms with Gasteiger partial charge in [-0.05, 0) is 24.5 Å². The van der Waals surface area contributed by atoms with E-state index in [-0.39, 0.29) is 5.41 Å². The molecule has 1 aliphatic heterocycles. The maximum atomic E-state index is 11.4. The first-order valence-electron chi connectivity index (χ1n) is 6.28. The van der Waals surface area contributed by atoms with Crippen LogP contribution in [0.1, 0.15) is 25.8 Å². The van der Waals surface area contributed by atoms with Crippen LogP contribution in [0.3, 0.4) is 0 Å². The van der Waals surface area contributed by atoms with Crippen molar-refractivity contribution in [2.75, 3.05) is 18.1 Å². The Kier molecular flexibility index (Phi) is 4.23. The van der Waals surface area contributed by atoms with Gasteiger partial charge in [0.25, 0.3) is 0 Å². The van der Waals surface area contributed by atoms with Crippen LogP contribution >= 0.6 is 0 Å². The largest absolute Gasteiger partial charge is 0.500 e. The van der Waals surface area contributed by atoms with E-state index in [1.807, 2.05) is 31.4 Å². The van der Waals surface area contributed by atoms with Crippen LogP contribution in [0.15, 0.2) is 36.6 Å². The van der Waals surface area contributed by atoms with Crippen LogP contribution in [0.5, 0.6) is 0 Å². The summed E-state index contributed by atoms with van der Waals surface area (Å²) in [6, 6.07) is 10.2. The number of benzene rings is 1. The average molecular weight is 264 g/mol. The molecule has 0 amide bonds. The van der Waals surface area contributed by atoms with Crippen LogP contribution < -0.4 is 0 Å². The Balaban J connectivity index is 1.90. The Hall–Kier alpha value is -1.09. The second-order valence-electron chi connectivity index (χ2n) is 5.33. The van der Waals surface area contributed by atoms with Gasteiger partial charge in [0.15, 0.2) is 0 Å². The molecule has 2 rings (SSSR count). The molecular formula is C15H20O2S. The average Bonchev–Trinajstić information content (AvgIpc) is 2.70. The van der Waals surface area contributed by atoms with Crippen molar-refractivity contribution in [2.45, 2.75) is 20.3 Å². The van der Waals surface area contributed by atoms with Crippen molar-refractivity contribution in [1.82, 2.24) is 0 Å². The van der Waals surface area contributed by atoms with Crippen LogP contribution in [-0.2, 0) is 15.5 Å². The van der Waals surface area contributed by atoms with E-state index >= 15 is 0 Å². The van der Waals surface area contributed by atoms with Gasteiger partial charge in [-0.15, -0.1) is 0 Å². The van der Waals surface area contributed by atoms with E-state index in [2.05, 4.69) is 19.1 Å². The number of rotatable bonds is 4. The van der Waals surface area contributed by atoms with Gasteiger partial charge in [-0.25, -0.2) is 0 Å². The highest BCUT2D eigenvalue weighted by Gasteiger charge is 2.33. The molecule has 18 heavy (non-hydrogen) atoms. The highest BCUT2D eigenvalue weighted by atomic mass is 32.2. The molecule has 1 aromatic carbocycles. The summed E-state index contributed by atoms with van der Waals surface area (Å²) in [6.07, 6.45) is 2.82. The van der Waals surface area contributed by atoms with Crippen molar-refractivity contribution in [2.24, 2.45) is 5.41 Å². The van der Waals surface area contributed by atoms with Crippen molar-refractivity contribution in [3.8, 4) is 0 Å². The van der Waals surface area contributed by atoms with Crippen LogP contribution in [-0.4, -0.2) is 22.3 Å². The minimum Gasteiger partial charge on any atom is -0.500 e. The van der Waals surface area contributed by atoms with Gasteiger partial charge in [0.1, 0.15) is 0 Å². The van der Waals surface area contributed by atoms with E-state index < -0.39 is 10.8 Å².